The van der Waals surface area contributed by atoms with Gasteiger partial charge in [0.05, 0.1) is 16.0 Å². The molecule has 1 atom stereocenters. The molecule has 0 amide bonds. The highest BCUT2D eigenvalue weighted by molar-refractivity contribution is 6.04. The van der Waals surface area contributed by atoms with Crippen LogP contribution in [0.15, 0.2) is 42.5 Å². The van der Waals surface area contributed by atoms with E-state index in [-0.39, 0.29) is 12.3 Å². The van der Waals surface area contributed by atoms with Crippen molar-refractivity contribution in [2.24, 2.45) is 0 Å². The van der Waals surface area contributed by atoms with Gasteiger partial charge < -0.3 is 14.6 Å². The molecule has 0 saturated heterocycles. The average molecular weight is 393 g/mol. The Morgan fingerprint density at radius 2 is 2.00 bits per heavy atom. The Labute approximate surface area is 168 Å². The summed E-state index contributed by atoms with van der Waals surface area (Å²) in [4.78, 5) is 28.7. The molecule has 0 spiro atoms. The Hall–Kier alpha value is -3.19. The maximum atomic E-state index is 12.7. The molecule has 1 aliphatic carbocycles. The number of aryl methyl sites for hydroxylation is 1. The van der Waals surface area contributed by atoms with E-state index in [1.165, 1.54) is 23.4 Å². The summed E-state index contributed by atoms with van der Waals surface area (Å²) in [6.45, 7) is 0.0658. The highest BCUT2D eigenvalue weighted by atomic mass is 16.6. The van der Waals surface area contributed by atoms with Crippen molar-refractivity contribution < 1.29 is 14.5 Å². The third-order valence-corrected chi connectivity index (χ3v) is 5.66. The first-order valence-corrected chi connectivity index (χ1v) is 9.63. The van der Waals surface area contributed by atoms with Crippen molar-refractivity contribution in [1.82, 2.24) is 9.88 Å². The molecule has 1 unspecified atom stereocenters. The van der Waals surface area contributed by atoms with E-state index < -0.39 is 10.9 Å². The molecule has 7 nitrogen and oxygen atoms in total. The van der Waals surface area contributed by atoms with E-state index in [0.717, 1.165) is 30.2 Å². The van der Waals surface area contributed by atoms with Crippen LogP contribution in [0.1, 0.15) is 33.6 Å². The molecular weight excluding hydrogens is 370 g/mol. The fraction of sp³-hybridized carbons (Fsp3) is 0.318. The summed E-state index contributed by atoms with van der Waals surface area (Å²) in [5.41, 5.74) is 4.54. The third-order valence-electron chi connectivity index (χ3n) is 5.66. The van der Waals surface area contributed by atoms with Crippen LogP contribution in [0.25, 0.3) is 10.9 Å². The molecule has 29 heavy (non-hydrogen) atoms. The van der Waals surface area contributed by atoms with Crippen LogP contribution < -0.4 is 0 Å². The first kappa shape index (κ1) is 19.1. The van der Waals surface area contributed by atoms with Crippen molar-refractivity contribution in [3.63, 3.8) is 0 Å². The average Bonchev–Trinajstić information content (AvgIpc) is 3.10. The summed E-state index contributed by atoms with van der Waals surface area (Å²) in [5.74, 6) is -0.406. The van der Waals surface area contributed by atoms with E-state index >= 15 is 0 Å². The molecular formula is C22H23N3O4. The number of nitro groups is 1. The molecule has 0 aliphatic heterocycles. The number of para-hydroxylation sites is 1. The maximum absolute atomic E-state index is 12.7. The topological polar surface area (TPSA) is 88.5 Å². The number of nitro benzene ring substituents is 1. The second-order valence-electron chi connectivity index (χ2n) is 7.67. The number of hydrogen-bond acceptors (Lipinski definition) is 5. The highest BCUT2D eigenvalue weighted by Gasteiger charge is 2.25. The largest absolute Gasteiger partial charge is 0.457 e. The molecule has 1 N–H and O–H groups in total. The second-order valence-corrected chi connectivity index (χ2v) is 7.67. The number of esters is 1. The van der Waals surface area contributed by atoms with Gasteiger partial charge in [-0.05, 0) is 62.7 Å². The number of nitrogens with one attached hydrogen (secondary N) is 1. The predicted octanol–water partition coefficient (Wildman–Crippen LogP) is 3.85. The van der Waals surface area contributed by atoms with Gasteiger partial charge in [0.15, 0.2) is 0 Å². The molecule has 7 heteroatoms. The highest BCUT2D eigenvalue weighted by Crippen LogP contribution is 2.32. The van der Waals surface area contributed by atoms with Crippen LogP contribution >= 0.6 is 0 Å². The van der Waals surface area contributed by atoms with E-state index in [0.29, 0.717) is 17.2 Å². The molecule has 0 radical (unpaired) electrons. The lowest BCUT2D eigenvalue weighted by atomic mass is 9.90. The maximum Gasteiger partial charge on any atom is 0.340 e. The van der Waals surface area contributed by atoms with Gasteiger partial charge in [0.1, 0.15) is 6.61 Å². The molecule has 1 aliphatic rings. The lowest BCUT2D eigenvalue weighted by molar-refractivity contribution is -0.384. The van der Waals surface area contributed by atoms with Crippen LogP contribution in [-0.4, -0.2) is 40.9 Å². The van der Waals surface area contributed by atoms with Gasteiger partial charge in [-0.3, -0.25) is 10.1 Å². The number of aromatic nitrogens is 1. The van der Waals surface area contributed by atoms with Crippen molar-refractivity contribution >= 4 is 22.6 Å². The molecule has 0 fully saturated rings. The summed E-state index contributed by atoms with van der Waals surface area (Å²) in [6, 6.07) is 12.2. The number of carbonyl (C=O) groups is 1. The zero-order chi connectivity index (χ0) is 20.5. The zero-order valence-corrected chi connectivity index (χ0v) is 16.5. The minimum atomic E-state index is -0.454. The van der Waals surface area contributed by atoms with Gasteiger partial charge in [0.25, 0.3) is 5.69 Å². The summed E-state index contributed by atoms with van der Waals surface area (Å²) >= 11 is 0. The van der Waals surface area contributed by atoms with E-state index in [4.69, 9.17) is 4.74 Å². The van der Waals surface area contributed by atoms with Crippen LogP contribution in [0.3, 0.4) is 0 Å². The van der Waals surface area contributed by atoms with E-state index in [2.05, 4.69) is 30.0 Å². The normalized spacial score (nSPS) is 16.0. The van der Waals surface area contributed by atoms with Gasteiger partial charge in [-0.2, -0.15) is 0 Å². The van der Waals surface area contributed by atoms with Gasteiger partial charge in [-0.15, -0.1) is 0 Å². The number of aromatic amines is 1. The summed E-state index contributed by atoms with van der Waals surface area (Å²) in [5, 5.41) is 11.8. The van der Waals surface area contributed by atoms with Crippen molar-refractivity contribution in [2.75, 3.05) is 14.1 Å². The van der Waals surface area contributed by atoms with Crippen molar-refractivity contribution in [2.45, 2.75) is 31.9 Å². The molecule has 3 aromatic rings. The quantitative estimate of drug-likeness (QED) is 0.404. The SMILES string of the molecule is CN(C)C1CCc2[nH]c3c(C(=O)OCc4ccc([N+](=O)[O-])cc4)cccc3c2C1. The van der Waals surface area contributed by atoms with Crippen LogP contribution in [0.4, 0.5) is 5.69 Å². The predicted molar refractivity (Wildman–Crippen MR) is 110 cm³/mol. The van der Waals surface area contributed by atoms with Gasteiger partial charge in [-0.25, -0.2) is 4.79 Å². The first-order valence-electron chi connectivity index (χ1n) is 9.63. The van der Waals surface area contributed by atoms with Crippen LogP contribution in [0.2, 0.25) is 0 Å². The number of hydrogen-bond donors (Lipinski definition) is 1. The number of likely N-dealkylation sites (N-methyl/N-ethyl adjacent to an activating group) is 1. The van der Waals surface area contributed by atoms with Gasteiger partial charge in [0, 0.05) is 29.3 Å². The Kier molecular flexibility index (Phi) is 5.07. The number of nitrogens with zero attached hydrogens (tertiary/aromatic N) is 2. The Bertz CT molecular complexity index is 1070. The lowest BCUT2D eigenvalue weighted by Gasteiger charge is -2.28. The number of rotatable bonds is 5. The number of non-ortho nitro benzene ring substituents is 1. The van der Waals surface area contributed by atoms with E-state index in [1.807, 2.05) is 6.07 Å². The zero-order valence-electron chi connectivity index (χ0n) is 16.5. The first-order chi connectivity index (χ1) is 13.9. The molecule has 0 bridgehead atoms. The minimum absolute atomic E-state index is 0.0119. The fourth-order valence-electron chi connectivity index (χ4n) is 3.97. The van der Waals surface area contributed by atoms with Crippen LogP contribution in [0, 0.1) is 10.1 Å². The minimum Gasteiger partial charge on any atom is -0.457 e. The van der Waals surface area contributed by atoms with Crippen molar-refractivity contribution in [3.8, 4) is 0 Å². The van der Waals surface area contributed by atoms with Gasteiger partial charge >= 0.3 is 5.97 Å². The summed E-state index contributed by atoms with van der Waals surface area (Å²) < 4.78 is 5.48. The number of carbonyl (C=O) groups excluding carboxylic acids is 1. The number of benzene rings is 2. The lowest BCUT2D eigenvalue weighted by Crippen LogP contribution is -2.33. The number of fused-ring (bicyclic) bond motifs is 3. The molecule has 0 saturated carbocycles. The standard InChI is InChI=1S/C22H23N3O4/c1-24(2)16-10-11-20-19(12-16)17-4-3-5-18(21(17)23-20)22(26)29-13-14-6-8-15(9-7-14)25(27)28/h3-9,16,23H,10-13H2,1-2H3. The third kappa shape index (κ3) is 3.73. The van der Waals surface area contributed by atoms with E-state index in [1.54, 1.807) is 18.2 Å². The Morgan fingerprint density at radius 1 is 1.24 bits per heavy atom. The van der Waals surface area contributed by atoms with Crippen LogP contribution in [-0.2, 0) is 24.2 Å². The molecule has 1 aromatic heterocycles. The Morgan fingerprint density at radius 3 is 2.69 bits per heavy atom. The van der Waals surface area contributed by atoms with E-state index in [9.17, 15) is 14.9 Å². The second kappa shape index (κ2) is 7.67. The molecule has 150 valence electrons. The van der Waals surface area contributed by atoms with Crippen molar-refractivity contribution in [1.29, 1.82) is 0 Å². The van der Waals surface area contributed by atoms with Gasteiger partial charge in [0.2, 0.25) is 0 Å². The van der Waals surface area contributed by atoms with Gasteiger partial charge in [-0.1, -0.05) is 12.1 Å². The number of H-pyrrole nitrogens is 1. The smallest absolute Gasteiger partial charge is 0.340 e. The van der Waals surface area contributed by atoms with Crippen molar-refractivity contribution in [3.05, 3.63) is 75.0 Å². The monoisotopic (exact) mass is 393 g/mol. The molecule has 2 aromatic carbocycles. The Balaban J connectivity index is 1.55. The summed E-state index contributed by atoms with van der Waals surface area (Å²) in [6.07, 6.45) is 3.01. The molecule has 1 heterocycles. The summed E-state index contributed by atoms with van der Waals surface area (Å²) in [7, 11) is 4.21. The van der Waals surface area contributed by atoms with Crippen LogP contribution in [0.5, 0.6) is 0 Å². The number of ether oxygens (including phenoxy) is 1. The molecule has 4 rings (SSSR count). The fourth-order valence-corrected chi connectivity index (χ4v) is 3.97.